The maximum Gasteiger partial charge on any atom is 0.441 e. The molecule has 2 N–H and O–H groups in total. The molecule has 0 aromatic heterocycles. The number of anilines is 1. The predicted octanol–water partition coefficient (Wildman–Crippen LogP) is 3.10. The molecular weight excluding hydrogens is 355 g/mol. The van der Waals surface area contributed by atoms with Crippen molar-refractivity contribution >= 4 is 23.7 Å². The molecule has 7 nitrogen and oxygen atoms in total. The lowest BCUT2D eigenvalue weighted by molar-refractivity contribution is -0.149. The second kappa shape index (κ2) is 9.91. The number of hydrogen-bond acceptors (Lipinski definition) is 5. The molecule has 0 saturated carbocycles. The highest BCUT2D eigenvalue weighted by Crippen LogP contribution is 2.12. The largest absolute Gasteiger partial charge is 0.443 e. The molecule has 0 saturated heterocycles. The minimum atomic E-state index is -0.881. The van der Waals surface area contributed by atoms with Crippen LogP contribution in [0.4, 0.5) is 14.9 Å². The molecule has 2 amide bonds. The third-order valence-electron chi connectivity index (χ3n) is 3.42. The third kappa shape index (κ3) is 7.15. The number of halogens is 1. The van der Waals surface area contributed by atoms with E-state index in [0.29, 0.717) is 16.8 Å². The van der Waals surface area contributed by atoms with Crippen LogP contribution in [0.25, 0.3) is 0 Å². The number of rotatable bonds is 6. The first-order chi connectivity index (χ1) is 13.0. The van der Waals surface area contributed by atoms with Crippen LogP contribution in [0.1, 0.15) is 24.5 Å². The number of amides is 2. The van der Waals surface area contributed by atoms with Gasteiger partial charge in [-0.1, -0.05) is 31.2 Å². The van der Waals surface area contributed by atoms with Gasteiger partial charge < -0.3 is 14.9 Å². The van der Waals surface area contributed by atoms with E-state index >= 15 is 0 Å². The van der Waals surface area contributed by atoms with Gasteiger partial charge in [-0.2, -0.15) is 0 Å². The lowest BCUT2D eigenvalue weighted by Gasteiger charge is -2.08. The zero-order valence-corrected chi connectivity index (χ0v) is 14.7. The van der Waals surface area contributed by atoms with Gasteiger partial charge in [0.1, 0.15) is 12.4 Å². The summed E-state index contributed by atoms with van der Waals surface area (Å²) in [5.74, 6) is -1.16. The highest BCUT2D eigenvalue weighted by molar-refractivity contribution is 5.92. The monoisotopic (exact) mass is 374 g/mol. The van der Waals surface area contributed by atoms with Gasteiger partial charge in [0.15, 0.2) is 0 Å². The van der Waals surface area contributed by atoms with Crippen LogP contribution >= 0.6 is 0 Å². The van der Waals surface area contributed by atoms with Crippen molar-refractivity contribution in [3.63, 3.8) is 0 Å². The first-order valence-corrected chi connectivity index (χ1v) is 8.22. The van der Waals surface area contributed by atoms with Crippen LogP contribution in [0.5, 0.6) is 0 Å². The highest BCUT2D eigenvalue weighted by atomic mass is 19.1. The Morgan fingerprint density at radius 3 is 2.22 bits per heavy atom. The molecule has 0 heterocycles. The van der Waals surface area contributed by atoms with E-state index in [1.807, 2.05) is 5.48 Å². The van der Waals surface area contributed by atoms with Crippen LogP contribution in [0.15, 0.2) is 48.5 Å². The summed E-state index contributed by atoms with van der Waals surface area (Å²) in [5, 5.41) is 2.73. The van der Waals surface area contributed by atoms with Gasteiger partial charge >= 0.3 is 12.1 Å². The standard InChI is InChI=1S/C19H19FN2O5/c1-2-18(24)27-22-19(25)26-12-14-5-9-16(10-6-14)21-17(23)11-13-3-7-15(20)8-4-13/h3-10H,2,11-12H2,1H3,(H,21,23)(H,22,25). The lowest BCUT2D eigenvalue weighted by atomic mass is 10.1. The molecule has 0 bridgehead atoms. The summed E-state index contributed by atoms with van der Waals surface area (Å²) in [5.41, 5.74) is 3.84. The number of nitrogens with one attached hydrogen (secondary N) is 2. The molecule has 0 atom stereocenters. The summed E-state index contributed by atoms with van der Waals surface area (Å²) in [7, 11) is 0. The minimum Gasteiger partial charge on any atom is -0.443 e. The van der Waals surface area contributed by atoms with Crippen LogP contribution < -0.4 is 10.8 Å². The van der Waals surface area contributed by atoms with E-state index in [2.05, 4.69) is 10.2 Å². The van der Waals surface area contributed by atoms with E-state index < -0.39 is 12.1 Å². The zero-order chi connectivity index (χ0) is 19.6. The Kier molecular flexibility index (Phi) is 7.30. The van der Waals surface area contributed by atoms with Crippen molar-refractivity contribution in [1.82, 2.24) is 5.48 Å². The van der Waals surface area contributed by atoms with Crippen molar-refractivity contribution in [2.75, 3.05) is 5.32 Å². The van der Waals surface area contributed by atoms with Crippen molar-refractivity contribution in [2.24, 2.45) is 0 Å². The Bertz CT molecular complexity index is 791. The van der Waals surface area contributed by atoms with Gasteiger partial charge in [0.25, 0.3) is 0 Å². The van der Waals surface area contributed by atoms with Crippen molar-refractivity contribution in [3.05, 3.63) is 65.5 Å². The lowest BCUT2D eigenvalue weighted by Crippen LogP contribution is -2.27. The molecule has 0 fully saturated rings. The summed E-state index contributed by atoms with van der Waals surface area (Å²) < 4.78 is 17.7. The fourth-order valence-electron chi connectivity index (χ4n) is 2.03. The van der Waals surface area contributed by atoms with Crippen LogP contribution in [0.3, 0.4) is 0 Å². The van der Waals surface area contributed by atoms with E-state index in [9.17, 15) is 18.8 Å². The topological polar surface area (TPSA) is 93.7 Å². The maximum atomic E-state index is 12.9. The number of carbonyl (C=O) groups excluding carboxylic acids is 3. The highest BCUT2D eigenvalue weighted by Gasteiger charge is 2.07. The molecule has 27 heavy (non-hydrogen) atoms. The van der Waals surface area contributed by atoms with Crippen molar-refractivity contribution in [1.29, 1.82) is 0 Å². The van der Waals surface area contributed by atoms with Crippen molar-refractivity contribution < 1.29 is 28.3 Å². The summed E-state index contributed by atoms with van der Waals surface area (Å²) in [4.78, 5) is 38.7. The van der Waals surface area contributed by atoms with Crippen LogP contribution in [-0.2, 0) is 32.2 Å². The number of benzene rings is 2. The van der Waals surface area contributed by atoms with Crippen molar-refractivity contribution in [2.45, 2.75) is 26.4 Å². The maximum absolute atomic E-state index is 12.9. The average molecular weight is 374 g/mol. The van der Waals surface area contributed by atoms with E-state index in [-0.39, 0.29) is 31.2 Å². The Labute approximate surface area is 155 Å². The molecule has 2 rings (SSSR count). The first-order valence-electron chi connectivity index (χ1n) is 8.22. The van der Waals surface area contributed by atoms with Gasteiger partial charge in [-0.25, -0.2) is 14.0 Å². The summed E-state index contributed by atoms with van der Waals surface area (Å²) >= 11 is 0. The third-order valence-corrected chi connectivity index (χ3v) is 3.42. The molecule has 0 radical (unpaired) electrons. The van der Waals surface area contributed by atoms with Gasteiger partial charge in [0, 0.05) is 12.1 Å². The molecule has 142 valence electrons. The quantitative estimate of drug-likeness (QED) is 0.758. The normalized spacial score (nSPS) is 10.0. The van der Waals surface area contributed by atoms with E-state index in [1.165, 1.54) is 12.1 Å². The van der Waals surface area contributed by atoms with Gasteiger partial charge in [-0.15, -0.1) is 5.48 Å². The molecular formula is C19H19FN2O5. The number of hydroxylamine groups is 1. The molecule has 2 aromatic carbocycles. The van der Waals surface area contributed by atoms with E-state index in [1.54, 1.807) is 43.3 Å². The average Bonchev–Trinajstić information content (AvgIpc) is 2.67. The van der Waals surface area contributed by atoms with Crippen LogP contribution in [0, 0.1) is 5.82 Å². The fourth-order valence-corrected chi connectivity index (χ4v) is 2.03. The summed E-state index contributed by atoms with van der Waals surface area (Å²) in [6.45, 7) is 1.56. The number of carbonyl (C=O) groups is 3. The number of ether oxygens (including phenoxy) is 1. The molecule has 0 aliphatic carbocycles. The van der Waals surface area contributed by atoms with Gasteiger partial charge in [-0.3, -0.25) is 4.79 Å². The van der Waals surface area contributed by atoms with Crippen molar-refractivity contribution in [3.8, 4) is 0 Å². The number of hydrogen-bond donors (Lipinski definition) is 2. The molecule has 0 unspecified atom stereocenters. The zero-order valence-electron chi connectivity index (χ0n) is 14.7. The molecule has 0 spiro atoms. The minimum absolute atomic E-state index is 0.0285. The molecule has 8 heteroatoms. The summed E-state index contributed by atoms with van der Waals surface area (Å²) in [6.07, 6.45) is -0.621. The Morgan fingerprint density at radius 1 is 0.963 bits per heavy atom. The van der Waals surface area contributed by atoms with E-state index in [0.717, 1.165) is 0 Å². The molecule has 0 aliphatic heterocycles. The SMILES string of the molecule is CCC(=O)ONC(=O)OCc1ccc(NC(=O)Cc2ccc(F)cc2)cc1. The van der Waals surface area contributed by atoms with Crippen LogP contribution in [-0.4, -0.2) is 18.0 Å². The Morgan fingerprint density at radius 2 is 1.59 bits per heavy atom. The summed E-state index contributed by atoms with van der Waals surface area (Å²) in [6, 6.07) is 12.4. The molecule has 2 aromatic rings. The first kappa shape index (κ1) is 19.9. The smallest absolute Gasteiger partial charge is 0.441 e. The van der Waals surface area contributed by atoms with E-state index in [4.69, 9.17) is 4.74 Å². The van der Waals surface area contributed by atoms with Crippen LogP contribution in [0.2, 0.25) is 0 Å². The van der Waals surface area contributed by atoms with Gasteiger partial charge in [-0.05, 0) is 35.4 Å². The fraction of sp³-hybridized carbons (Fsp3) is 0.211. The predicted molar refractivity (Wildman–Crippen MR) is 94.9 cm³/mol. The Hall–Kier alpha value is -3.42. The molecule has 0 aliphatic rings. The van der Waals surface area contributed by atoms with Gasteiger partial charge in [0.05, 0.1) is 6.42 Å². The Balaban J connectivity index is 1.77. The van der Waals surface area contributed by atoms with Gasteiger partial charge in [0.2, 0.25) is 5.91 Å². The second-order valence-electron chi connectivity index (χ2n) is 5.55. The second-order valence-corrected chi connectivity index (χ2v) is 5.55.